The first kappa shape index (κ1) is 22.0. The van der Waals surface area contributed by atoms with Crippen molar-refractivity contribution in [2.24, 2.45) is 0 Å². The van der Waals surface area contributed by atoms with Gasteiger partial charge in [-0.3, -0.25) is 19.5 Å². The minimum Gasteiger partial charge on any atom is -0.483 e. The van der Waals surface area contributed by atoms with Crippen LogP contribution in [-0.2, 0) is 22.7 Å². The Labute approximate surface area is 178 Å². The summed E-state index contributed by atoms with van der Waals surface area (Å²) in [5, 5.41) is 6.89. The van der Waals surface area contributed by atoms with Crippen LogP contribution in [-0.4, -0.2) is 50.9 Å². The van der Waals surface area contributed by atoms with E-state index in [1.54, 1.807) is 0 Å². The number of carbonyl (C=O) groups is 2. The number of benzene rings is 1. The zero-order chi connectivity index (χ0) is 21.4. The number of aryl methyl sites for hydroxylation is 1. The highest BCUT2D eigenvalue weighted by Crippen LogP contribution is 2.40. The minimum atomic E-state index is -0.250. The van der Waals surface area contributed by atoms with Crippen molar-refractivity contribution in [3.63, 3.8) is 0 Å². The molecule has 1 atom stereocenters. The molecule has 1 amide bonds. The predicted octanol–water partition coefficient (Wildman–Crippen LogP) is 3.64. The summed E-state index contributed by atoms with van der Waals surface area (Å²) >= 11 is 0. The third-order valence-electron chi connectivity index (χ3n) is 6.28. The van der Waals surface area contributed by atoms with Crippen molar-refractivity contribution in [3.8, 4) is 0 Å². The number of rotatable bonds is 4. The minimum absolute atomic E-state index is 0.0473. The van der Waals surface area contributed by atoms with Crippen LogP contribution in [0.3, 0.4) is 0 Å². The summed E-state index contributed by atoms with van der Waals surface area (Å²) in [6.45, 7) is 5.71. The molecule has 0 bridgehead atoms. The van der Waals surface area contributed by atoms with Crippen LogP contribution in [0.15, 0.2) is 48.8 Å². The number of hydrogen-bond acceptors (Lipinski definition) is 4. The average Bonchev–Trinajstić information content (AvgIpc) is 2.91. The average molecular weight is 410 g/mol. The fourth-order valence-electron chi connectivity index (χ4n) is 4.67. The number of likely N-dealkylation sites (tertiary alicyclic amines) is 2. The standard InChI is InChI=1S/C23H29N3O.CH2O2/c1-19-5-7-20(8-6-19)18-26-22(27)9-11-23(26)10-3-14-25(15-12-23)17-21-4-2-13-24-16-21;2-1-3/h2,4-8,13,16H,3,9-12,14-15,17-18H2,1H3;1H,(H,2,3). The lowest BCUT2D eigenvalue weighted by molar-refractivity contribution is -0.132. The predicted molar refractivity (Wildman–Crippen MR) is 116 cm³/mol. The molecule has 2 aliphatic rings. The third kappa shape index (κ3) is 5.45. The summed E-state index contributed by atoms with van der Waals surface area (Å²) in [6.07, 6.45) is 8.85. The molecule has 2 saturated heterocycles. The number of carbonyl (C=O) groups excluding carboxylic acids is 1. The van der Waals surface area contributed by atoms with Crippen LogP contribution in [0.5, 0.6) is 0 Å². The molecule has 1 spiro atoms. The van der Waals surface area contributed by atoms with E-state index < -0.39 is 0 Å². The molecule has 0 saturated carbocycles. The van der Waals surface area contributed by atoms with Gasteiger partial charge in [-0.05, 0) is 56.3 Å². The quantitative estimate of drug-likeness (QED) is 0.781. The fraction of sp³-hybridized carbons (Fsp3) is 0.458. The molecule has 1 aromatic heterocycles. The van der Waals surface area contributed by atoms with Crippen LogP contribution >= 0.6 is 0 Å². The summed E-state index contributed by atoms with van der Waals surface area (Å²) in [5.74, 6) is 0.330. The van der Waals surface area contributed by atoms with E-state index in [0.717, 1.165) is 51.9 Å². The highest BCUT2D eigenvalue weighted by Gasteiger charge is 2.45. The van der Waals surface area contributed by atoms with Gasteiger partial charge in [-0.15, -0.1) is 0 Å². The molecule has 30 heavy (non-hydrogen) atoms. The lowest BCUT2D eigenvalue weighted by Gasteiger charge is -2.38. The van der Waals surface area contributed by atoms with Crippen molar-refractivity contribution in [2.45, 2.75) is 57.7 Å². The normalized spacial score (nSPS) is 21.8. The van der Waals surface area contributed by atoms with Gasteiger partial charge in [-0.2, -0.15) is 0 Å². The number of pyridine rings is 1. The monoisotopic (exact) mass is 409 g/mol. The van der Waals surface area contributed by atoms with Crippen molar-refractivity contribution < 1.29 is 14.7 Å². The Morgan fingerprint density at radius 3 is 2.53 bits per heavy atom. The molecule has 1 unspecified atom stereocenters. The second-order valence-electron chi connectivity index (χ2n) is 8.29. The fourth-order valence-corrected chi connectivity index (χ4v) is 4.67. The summed E-state index contributed by atoms with van der Waals surface area (Å²) in [6, 6.07) is 12.8. The molecular formula is C24H31N3O3. The molecule has 1 N–H and O–H groups in total. The Hall–Kier alpha value is -2.73. The van der Waals surface area contributed by atoms with Gasteiger partial charge in [0.1, 0.15) is 0 Å². The molecule has 6 nitrogen and oxygen atoms in total. The number of hydrogen-bond donors (Lipinski definition) is 1. The van der Waals surface area contributed by atoms with Gasteiger partial charge in [0.05, 0.1) is 0 Å². The molecule has 0 aliphatic carbocycles. The Balaban J connectivity index is 0.000000806. The van der Waals surface area contributed by atoms with E-state index in [4.69, 9.17) is 9.90 Å². The van der Waals surface area contributed by atoms with Gasteiger partial charge in [-0.1, -0.05) is 35.9 Å². The van der Waals surface area contributed by atoms with E-state index in [9.17, 15) is 4.79 Å². The Bertz CT molecular complexity index is 825. The first-order valence-electron chi connectivity index (χ1n) is 10.6. The molecule has 2 fully saturated rings. The van der Waals surface area contributed by atoms with E-state index >= 15 is 0 Å². The molecule has 0 radical (unpaired) electrons. The van der Waals surface area contributed by atoms with Crippen molar-refractivity contribution >= 4 is 12.4 Å². The van der Waals surface area contributed by atoms with E-state index in [-0.39, 0.29) is 12.0 Å². The van der Waals surface area contributed by atoms with Gasteiger partial charge in [0.25, 0.3) is 6.47 Å². The first-order valence-corrected chi connectivity index (χ1v) is 10.6. The van der Waals surface area contributed by atoms with Gasteiger partial charge in [0, 0.05) is 44.0 Å². The summed E-state index contributed by atoms with van der Waals surface area (Å²) in [4.78, 5) is 30.0. The second-order valence-corrected chi connectivity index (χ2v) is 8.29. The van der Waals surface area contributed by atoms with Crippen LogP contribution in [0.2, 0.25) is 0 Å². The topological polar surface area (TPSA) is 73.7 Å². The highest BCUT2D eigenvalue weighted by molar-refractivity contribution is 5.79. The van der Waals surface area contributed by atoms with Gasteiger partial charge < -0.3 is 10.0 Å². The van der Waals surface area contributed by atoms with Crippen LogP contribution < -0.4 is 0 Å². The molecule has 3 heterocycles. The smallest absolute Gasteiger partial charge is 0.290 e. The number of amides is 1. The van der Waals surface area contributed by atoms with Gasteiger partial charge in [0.15, 0.2) is 0 Å². The first-order chi connectivity index (χ1) is 14.6. The van der Waals surface area contributed by atoms with E-state index in [2.05, 4.69) is 52.0 Å². The SMILES string of the molecule is Cc1ccc(CN2C(=O)CCC23CCCN(Cc2cccnc2)CC3)cc1.O=CO. The zero-order valence-corrected chi connectivity index (χ0v) is 17.7. The third-order valence-corrected chi connectivity index (χ3v) is 6.28. The van der Waals surface area contributed by atoms with E-state index in [1.807, 2.05) is 18.5 Å². The van der Waals surface area contributed by atoms with Crippen molar-refractivity contribution in [1.82, 2.24) is 14.8 Å². The maximum atomic E-state index is 12.7. The van der Waals surface area contributed by atoms with E-state index in [0.29, 0.717) is 12.3 Å². The molecule has 2 aliphatic heterocycles. The summed E-state index contributed by atoms with van der Waals surface area (Å²) in [7, 11) is 0. The van der Waals surface area contributed by atoms with Crippen LogP contribution in [0.4, 0.5) is 0 Å². The lowest BCUT2D eigenvalue weighted by Crippen LogP contribution is -2.45. The largest absolute Gasteiger partial charge is 0.483 e. The Morgan fingerprint density at radius 2 is 1.83 bits per heavy atom. The van der Waals surface area contributed by atoms with Crippen molar-refractivity contribution in [3.05, 3.63) is 65.5 Å². The Kier molecular flexibility index (Phi) is 7.57. The Morgan fingerprint density at radius 1 is 1.07 bits per heavy atom. The van der Waals surface area contributed by atoms with Crippen molar-refractivity contribution in [2.75, 3.05) is 13.1 Å². The van der Waals surface area contributed by atoms with Crippen LogP contribution in [0.25, 0.3) is 0 Å². The molecule has 4 rings (SSSR count). The lowest BCUT2D eigenvalue weighted by atomic mass is 9.87. The van der Waals surface area contributed by atoms with Gasteiger partial charge in [-0.25, -0.2) is 0 Å². The zero-order valence-electron chi connectivity index (χ0n) is 17.7. The molecule has 160 valence electrons. The molecule has 2 aromatic rings. The van der Waals surface area contributed by atoms with E-state index in [1.165, 1.54) is 16.7 Å². The maximum absolute atomic E-state index is 12.7. The van der Waals surface area contributed by atoms with Crippen molar-refractivity contribution in [1.29, 1.82) is 0 Å². The second kappa shape index (κ2) is 10.3. The van der Waals surface area contributed by atoms with Gasteiger partial charge >= 0.3 is 0 Å². The van der Waals surface area contributed by atoms with Gasteiger partial charge in [0.2, 0.25) is 5.91 Å². The summed E-state index contributed by atoms with van der Waals surface area (Å²) in [5.41, 5.74) is 3.83. The molecular weight excluding hydrogens is 378 g/mol. The summed E-state index contributed by atoms with van der Waals surface area (Å²) < 4.78 is 0. The number of nitrogens with zero attached hydrogens (tertiary/aromatic N) is 3. The molecule has 6 heteroatoms. The highest BCUT2D eigenvalue weighted by atomic mass is 16.3. The maximum Gasteiger partial charge on any atom is 0.290 e. The number of aromatic nitrogens is 1. The van der Waals surface area contributed by atoms with Crippen LogP contribution in [0.1, 0.15) is 48.8 Å². The number of carboxylic acid groups (broad SMARTS) is 1. The molecule has 1 aromatic carbocycles. The van der Waals surface area contributed by atoms with Crippen LogP contribution in [0, 0.1) is 6.92 Å².